The van der Waals surface area contributed by atoms with Gasteiger partial charge in [-0.25, -0.2) is 0 Å². The van der Waals surface area contributed by atoms with Gasteiger partial charge in [0.25, 0.3) is 0 Å². The molecule has 0 N–H and O–H groups in total. The first-order valence-corrected chi connectivity index (χ1v) is 0.548. The zero-order valence-corrected chi connectivity index (χ0v) is 6.79. The molecule has 0 aromatic rings. The molecule has 0 spiro atoms. The van der Waals surface area contributed by atoms with E-state index in [1.165, 1.54) is 0 Å². The fraction of sp³-hybridized carbons (Fsp3) is 0. The number of hydrogen-bond donors (Lipinski definition) is 0. The Morgan fingerprint density at radius 1 is 1.33 bits per heavy atom. The van der Waals surface area contributed by atoms with E-state index in [0.29, 0.717) is 0 Å². The molecular weight excluding hydrogens is 109 g/mol. The molecule has 0 saturated heterocycles. The van der Waals surface area contributed by atoms with E-state index in [9.17, 15) is 0 Å². The van der Waals surface area contributed by atoms with Gasteiger partial charge < -0.3 is 15.3 Å². The van der Waals surface area contributed by atoms with Gasteiger partial charge in [-0.05, 0) is 0 Å². The molecule has 0 aromatic heterocycles. The van der Waals surface area contributed by atoms with Gasteiger partial charge in [0.2, 0.25) is 0 Å². The second-order valence-electron chi connectivity index (χ2n) is 0.224. The van der Waals surface area contributed by atoms with Crippen LogP contribution in [0, 0.1) is 15.3 Å². The van der Waals surface area contributed by atoms with Crippen molar-refractivity contribution in [2.24, 2.45) is 0 Å². The average Bonchev–Trinajstić information content (AvgIpc) is 0.811. The normalized spacial score (nSPS) is 4.00. The molecule has 6 heteroatoms. The Balaban J connectivity index is -0.0000000450. The van der Waals surface area contributed by atoms with Gasteiger partial charge in [-0.15, -0.1) is 0 Å². The minimum absolute atomic E-state index is 0. The number of rotatable bonds is 0. The third-order valence-electron chi connectivity index (χ3n) is 0. The first-order chi connectivity index (χ1) is 1.73. The third-order valence-corrected chi connectivity index (χ3v) is 0. The molecule has 0 bridgehead atoms. The van der Waals surface area contributed by atoms with Crippen molar-refractivity contribution in [3.63, 3.8) is 0 Å². The average molecular weight is 109 g/mol. The maximum Gasteiger partial charge on any atom is 2.00 e. The van der Waals surface area contributed by atoms with E-state index in [1.807, 2.05) is 0 Å². The Labute approximate surface area is 72.5 Å². The largest absolute Gasteiger partial charge is 2.00 e. The van der Waals surface area contributed by atoms with Crippen LogP contribution in [-0.4, -0.2) is 28.1 Å². The summed E-state index contributed by atoms with van der Waals surface area (Å²) in [7, 11) is 0. The molecule has 0 heterocycles. The van der Waals surface area contributed by atoms with Crippen LogP contribution in [-0.2, 0) is 0 Å². The quantitative estimate of drug-likeness (QED) is 0.183. The Kier molecular flexibility index (Phi) is 24.6. The van der Waals surface area contributed by atoms with E-state index in [-0.39, 0.29) is 52.6 Å². The van der Waals surface area contributed by atoms with Gasteiger partial charge in [0.15, 0.2) is 0 Å². The minimum atomic E-state index is -1.75. The molecule has 0 fully saturated rings. The molecule has 0 amide bonds. The van der Waals surface area contributed by atoms with Gasteiger partial charge in [0.1, 0.15) is 0 Å². The first kappa shape index (κ1) is 15.8. The molecule has 0 atom stereocenters. The molecule has 0 rings (SSSR count). The van der Waals surface area contributed by atoms with Gasteiger partial charge in [0, 0.05) is 0 Å². The Morgan fingerprint density at radius 2 is 1.33 bits per heavy atom. The van der Waals surface area contributed by atoms with Crippen LogP contribution in [0.4, 0.5) is 0 Å². The van der Waals surface area contributed by atoms with E-state index in [4.69, 9.17) is 15.3 Å². The second-order valence-corrected chi connectivity index (χ2v) is 0.224. The van der Waals surface area contributed by atoms with E-state index < -0.39 is 5.09 Å². The van der Waals surface area contributed by atoms with Crippen molar-refractivity contribution >= 4 is 23.1 Å². The summed E-state index contributed by atoms with van der Waals surface area (Å²) in [4.78, 5) is 8.25. The predicted octanol–water partition coefficient (Wildman–Crippen LogP) is -3.62. The molecule has 0 aliphatic heterocycles. The van der Waals surface area contributed by atoms with Gasteiger partial charge in [-0.3, -0.25) is 0 Å². The number of nitrogens with zero attached hydrogens (tertiary/aromatic N) is 1. The summed E-state index contributed by atoms with van der Waals surface area (Å²) in [6, 6.07) is 0. The molecule has 0 aromatic carbocycles. The Morgan fingerprint density at radius 3 is 1.33 bits per heavy atom. The summed E-state index contributed by atoms with van der Waals surface area (Å²) in [5.41, 5.74) is 0. The molecule has 0 unspecified atom stereocenters. The van der Waals surface area contributed by atoms with Gasteiger partial charge >= 0.3 is 52.6 Å². The zero-order valence-electron chi connectivity index (χ0n) is 3.38. The molecule has 0 saturated carbocycles. The van der Waals surface area contributed by atoms with Gasteiger partial charge in [-0.2, -0.15) is 0 Å². The van der Waals surface area contributed by atoms with Gasteiger partial charge in [-0.1, -0.05) is 0 Å². The summed E-state index contributed by atoms with van der Waals surface area (Å²) in [5, 5.41) is 14.8. The van der Waals surface area contributed by atoms with Crippen molar-refractivity contribution in [3.05, 3.63) is 15.3 Å². The predicted molar refractivity (Wildman–Crippen MR) is 16.1 cm³/mol. The Bertz CT molecular complexity index is 33.8. The van der Waals surface area contributed by atoms with E-state index >= 15 is 0 Å². The van der Waals surface area contributed by atoms with Crippen molar-refractivity contribution in [3.8, 4) is 0 Å². The second kappa shape index (κ2) is 9.35. The maximum atomic E-state index is 8.25. The monoisotopic (exact) mass is 109 g/mol. The summed E-state index contributed by atoms with van der Waals surface area (Å²) in [6.45, 7) is 0. The fourth-order valence-corrected chi connectivity index (χ4v) is 0. The fourth-order valence-electron chi connectivity index (χ4n) is 0. The molecular formula is MgNNaO3+2. The molecule has 0 aliphatic carbocycles. The van der Waals surface area contributed by atoms with Crippen LogP contribution in [0.3, 0.4) is 0 Å². The van der Waals surface area contributed by atoms with Crippen LogP contribution in [0.25, 0.3) is 0 Å². The van der Waals surface area contributed by atoms with Crippen LogP contribution in [0.5, 0.6) is 0 Å². The molecule has 4 nitrogen and oxygen atoms in total. The zero-order chi connectivity index (χ0) is 3.58. The van der Waals surface area contributed by atoms with Crippen molar-refractivity contribution in [1.82, 2.24) is 0 Å². The van der Waals surface area contributed by atoms with Crippen LogP contribution in [0.2, 0.25) is 0 Å². The smallest absolute Gasteiger partial charge is 0.356 e. The van der Waals surface area contributed by atoms with E-state index in [1.54, 1.807) is 0 Å². The summed E-state index contributed by atoms with van der Waals surface area (Å²) >= 11 is 0. The van der Waals surface area contributed by atoms with Crippen LogP contribution in [0.15, 0.2) is 0 Å². The van der Waals surface area contributed by atoms with Crippen molar-refractivity contribution in [2.45, 2.75) is 0 Å². The minimum Gasteiger partial charge on any atom is -0.356 e. The SMILES string of the molecule is O=[N+]([O-])[O-].[Mg+2].[Na+]. The van der Waals surface area contributed by atoms with Crippen LogP contribution < -0.4 is 29.6 Å². The summed E-state index contributed by atoms with van der Waals surface area (Å²) in [5.74, 6) is 0. The van der Waals surface area contributed by atoms with Crippen LogP contribution in [0.1, 0.15) is 0 Å². The standard InChI is InChI=1S/Mg.NO3.Na/c;2-1(3)4;/q+2;-1;+1. The Hall–Kier alpha value is 0.966. The molecule has 24 valence electrons. The van der Waals surface area contributed by atoms with Crippen molar-refractivity contribution in [2.75, 3.05) is 0 Å². The summed E-state index contributed by atoms with van der Waals surface area (Å²) < 4.78 is 0. The van der Waals surface area contributed by atoms with Crippen LogP contribution >= 0.6 is 0 Å². The number of hydrogen-bond acceptors (Lipinski definition) is 3. The summed E-state index contributed by atoms with van der Waals surface area (Å²) in [6.07, 6.45) is 0. The van der Waals surface area contributed by atoms with Crippen molar-refractivity contribution in [1.29, 1.82) is 0 Å². The van der Waals surface area contributed by atoms with E-state index in [2.05, 4.69) is 0 Å². The molecule has 6 heavy (non-hydrogen) atoms. The van der Waals surface area contributed by atoms with Crippen molar-refractivity contribution < 1.29 is 34.6 Å². The first-order valence-electron chi connectivity index (χ1n) is 0.548. The molecule has 0 aliphatic rings. The van der Waals surface area contributed by atoms with E-state index in [0.717, 1.165) is 0 Å². The maximum absolute atomic E-state index is 8.25. The molecule has 0 radical (unpaired) electrons. The topological polar surface area (TPSA) is 66.2 Å². The van der Waals surface area contributed by atoms with Gasteiger partial charge in [0.05, 0.1) is 5.09 Å². The third kappa shape index (κ3) is 83.7.